The third kappa shape index (κ3) is 1.58. The van der Waals surface area contributed by atoms with Crippen molar-refractivity contribution in [3.63, 3.8) is 0 Å². The molecule has 0 radical (unpaired) electrons. The molecule has 0 unspecified atom stereocenters. The molecule has 1 saturated carbocycles. The van der Waals surface area contributed by atoms with Crippen molar-refractivity contribution in [2.24, 2.45) is 0 Å². The maximum atomic E-state index is 7.43. The normalized spacial score (nSPS) is 16.9. The summed E-state index contributed by atoms with van der Waals surface area (Å²) in [5, 5.41) is 7.43. The quantitative estimate of drug-likeness (QED) is 0.767. The minimum Gasteiger partial charge on any atom is -0.493 e. The number of ether oxygens (including phenoxy) is 2. The van der Waals surface area contributed by atoms with E-state index in [1.807, 2.05) is 18.2 Å². The Balaban J connectivity index is 2.39. The third-order valence-corrected chi connectivity index (χ3v) is 3.02. The SMILES string of the molecule is COc1ccc(C2(C=N)CC2)cc1OC. The van der Waals surface area contributed by atoms with Crippen LogP contribution in [0.3, 0.4) is 0 Å². The number of hydrogen-bond donors (Lipinski definition) is 1. The maximum absolute atomic E-state index is 7.43. The van der Waals surface area contributed by atoms with Crippen LogP contribution in [-0.2, 0) is 5.41 Å². The Morgan fingerprint density at radius 1 is 1.20 bits per heavy atom. The van der Waals surface area contributed by atoms with Gasteiger partial charge < -0.3 is 14.9 Å². The average Bonchev–Trinajstić information content (AvgIpc) is 3.09. The van der Waals surface area contributed by atoms with Gasteiger partial charge in [0.1, 0.15) is 0 Å². The van der Waals surface area contributed by atoms with Crippen molar-refractivity contribution >= 4 is 6.21 Å². The fraction of sp³-hybridized carbons (Fsp3) is 0.417. The highest BCUT2D eigenvalue weighted by Gasteiger charge is 2.42. The first-order valence-electron chi connectivity index (χ1n) is 5.00. The number of nitrogens with one attached hydrogen (secondary N) is 1. The molecule has 15 heavy (non-hydrogen) atoms. The summed E-state index contributed by atoms with van der Waals surface area (Å²) in [5.41, 5.74) is 1.12. The molecule has 3 heteroatoms. The van der Waals surface area contributed by atoms with Crippen LogP contribution in [0.5, 0.6) is 11.5 Å². The van der Waals surface area contributed by atoms with Crippen molar-refractivity contribution in [3.05, 3.63) is 23.8 Å². The molecule has 0 atom stereocenters. The van der Waals surface area contributed by atoms with Crippen molar-refractivity contribution in [1.82, 2.24) is 0 Å². The van der Waals surface area contributed by atoms with Crippen molar-refractivity contribution in [2.45, 2.75) is 18.3 Å². The van der Waals surface area contributed by atoms with Gasteiger partial charge in [0, 0.05) is 11.6 Å². The molecule has 3 nitrogen and oxygen atoms in total. The number of benzene rings is 1. The van der Waals surface area contributed by atoms with Crippen LogP contribution in [0.1, 0.15) is 18.4 Å². The Hall–Kier alpha value is -1.51. The average molecular weight is 205 g/mol. The molecule has 1 fully saturated rings. The molecule has 0 amide bonds. The van der Waals surface area contributed by atoms with E-state index in [1.165, 1.54) is 6.21 Å². The van der Waals surface area contributed by atoms with Gasteiger partial charge >= 0.3 is 0 Å². The third-order valence-electron chi connectivity index (χ3n) is 3.02. The zero-order valence-corrected chi connectivity index (χ0v) is 9.04. The Labute approximate surface area is 89.5 Å². The van der Waals surface area contributed by atoms with Gasteiger partial charge in [-0.25, -0.2) is 0 Å². The summed E-state index contributed by atoms with van der Waals surface area (Å²) in [6, 6.07) is 5.88. The smallest absolute Gasteiger partial charge is 0.161 e. The van der Waals surface area contributed by atoms with Crippen molar-refractivity contribution in [3.8, 4) is 11.5 Å². The summed E-state index contributed by atoms with van der Waals surface area (Å²) in [6.45, 7) is 0. The predicted octanol–water partition coefficient (Wildman–Crippen LogP) is 2.38. The van der Waals surface area contributed by atoms with E-state index in [0.717, 1.165) is 29.9 Å². The molecule has 0 saturated heterocycles. The van der Waals surface area contributed by atoms with Crippen LogP contribution in [0.2, 0.25) is 0 Å². The minimum absolute atomic E-state index is 0.0282. The maximum Gasteiger partial charge on any atom is 0.161 e. The number of rotatable bonds is 4. The Kier molecular flexibility index (Phi) is 2.39. The first-order chi connectivity index (χ1) is 7.25. The molecular formula is C12H15NO2. The van der Waals surface area contributed by atoms with Crippen LogP contribution in [0.25, 0.3) is 0 Å². The summed E-state index contributed by atoms with van der Waals surface area (Å²) in [7, 11) is 3.26. The molecule has 0 bridgehead atoms. The second-order valence-electron chi connectivity index (χ2n) is 3.87. The lowest BCUT2D eigenvalue weighted by atomic mass is 9.97. The van der Waals surface area contributed by atoms with Crippen LogP contribution in [0.15, 0.2) is 18.2 Å². The fourth-order valence-electron chi connectivity index (χ4n) is 1.80. The summed E-state index contributed by atoms with van der Waals surface area (Å²) in [5.74, 6) is 1.48. The van der Waals surface area contributed by atoms with Gasteiger partial charge in [0.25, 0.3) is 0 Å². The largest absolute Gasteiger partial charge is 0.493 e. The van der Waals surface area contributed by atoms with E-state index in [0.29, 0.717) is 0 Å². The van der Waals surface area contributed by atoms with Gasteiger partial charge in [0.05, 0.1) is 14.2 Å². The lowest BCUT2D eigenvalue weighted by Gasteiger charge is -2.13. The second kappa shape index (κ2) is 3.57. The molecule has 1 N–H and O–H groups in total. The molecule has 0 aliphatic heterocycles. The predicted molar refractivity (Wildman–Crippen MR) is 59.2 cm³/mol. The molecule has 0 heterocycles. The van der Waals surface area contributed by atoms with Gasteiger partial charge in [0.15, 0.2) is 11.5 Å². The van der Waals surface area contributed by atoms with E-state index in [9.17, 15) is 0 Å². The molecule has 0 aromatic heterocycles. The van der Waals surface area contributed by atoms with E-state index in [2.05, 4.69) is 0 Å². The highest BCUT2D eigenvalue weighted by molar-refractivity contribution is 5.75. The van der Waals surface area contributed by atoms with Gasteiger partial charge in [-0.2, -0.15) is 0 Å². The summed E-state index contributed by atoms with van der Waals surface area (Å²) in [4.78, 5) is 0. The first-order valence-corrected chi connectivity index (χ1v) is 5.00. The fourth-order valence-corrected chi connectivity index (χ4v) is 1.80. The number of hydrogen-bond acceptors (Lipinski definition) is 3. The topological polar surface area (TPSA) is 42.3 Å². The van der Waals surface area contributed by atoms with E-state index < -0.39 is 0 Å². The lowest BCUT2D eigenvalue weighted by Crippen LogP contribution is -2.07. The van der Waals surface area contributed by atoms with Crippen LogP contribution < -0.4 is 9.47 Å². The molecule has 1 aromatic rings. The molecule has 0 spiro atoms. The Morgan fingerprint density at radius 2 is 1.87 bits per heavy atom. The van der Waals surface area contributed by atoms with Crippen LogP contribution >= 0.6 is 0 Å². The van der Waals surface area contributed by atoms with Crippen LogP contribution in [-0.4, -0.2) is 20.4 Å². The molecule has 80 valence electrons. The van der Waals surface area contributed by atoms with Gasteiger partial charge in [0.2, 0.25) is 0 Å². The van der Waals surface area contributed by atoms with E-state index in [1.54, 1.807) is 14.2 Å². The standard InChI is InChI=1S/C12H15NO2/c1-14-10-4-3-9(7-11(10)15-2)12(8-13)5-6-12/h3-4,7-8,13H,5-6H2,1-2H3. The molecule has 1 aromatic carbocycles. The zero-order chi connectivity index (χ0) is 10.9. The van der Waals surface area contributed by atoms with E-state index in [-0.39, 0.29) is 5.41 Å². The number of methoxy groups -OCH3 is 2. The van der Waals surface area contributed by atoms with Gasteiger partial charge in [-0.15, -0.1) is 0 Å². The van der Waals surface area contributed by atoms with Crippen LogP contribution in [0, 0.1) is 5.41 Å². The summed E-state index contributed by atoms with van der Waals surface area (Å²) < 4.78 is 10.4. The minimum atomic E-state index is -0.0282. The van der Waals surface area contributed by atoms with Gasteiger partial charge in [-0.3, -0.25) is 0 Å². The Bertz CT molecular complexity index is 383. The molecular weight excluding hydrogens is 190 g/mol. The lowest BCUT2D eigenvalue weighted by molar-refractivity contribution is 0.354. The van der Waals surface area contributed by atoms with E-state index in [4.69, 9.17) is 14.9 Å². The van der Waals surface area contributed by atoms with Gasteiger partial charge in [-0.05, 0) is 30.5 Å². The highest BCUT2D eigenvalue weighted by Crippen LogP contribution is 2.48. The van der Waals surface area contributed by atoms with E-state index >= 15 is 0 Å². The van der Waals surface area contributed by atoms with Crippen molar-refractivity contribution < 1.29 is 9.47 Å². The van der Waals surface area contributed by atoms with Crippen molar-refractivity contribution in [2.75, 3.05) is 14.2 Å². The van der Waals surface area contributed by atoms with Gasteiger partial charge in [-0.1, -0.05) is 6.07 Å². The molecule has 1 aliphatic rings. The second-order valence-corrected chi connectivity index (χ2v) is 3.87. The van der Waals surface area contributed by atoms with Crippen LogP contribution in [0.4, 0.5) is 0 Å². The Morgan fingerprint density at radius 3 is 2.33 bits per heavy atom. The first kappa shape index (κ1) is 10.0. The molecule has 2 rings (SSSR count). The highest BCUT2D eigenvalue weighted by atomic mass is 16.5. The molecule has 1 aliphatic carbocycles. The summed E-state index contributed by atoms with van der Waals surface area (Å²) in [6.07, 6.45) is 3.66. The zero-order valence-electron chi connectivity index (χ0n) is 9.04. The monoisotopic (exact) mass is 205 g/mol. The van der Waals surface area contributed by atoms with Crippen molar-refractivity contribution in [1.29, 1.82) is 5.41 Å². The summed E-state index contributed by atoms with van der Waals surface area (Å²) >= 11 is 0.